The van der Waals surface area contributed by atoms with Gasteiger partial charge < -0.3 is 14.8 Å². The number of methoxy groups -OCH3 is 1. The number of amides is 2. The van der Waals surface area contributed by atoms with Gasteiger partial charge in [-0.2, -0.15) is 5.10 Å². The third kappa shape index (κ3) is 6.03. The van der Waals surface area contributed by atoms with Crippen LogP contribution in [0, 0.1) is 6.92 Å². The molecule has 0 aliphatic carbocycles. The lowest BCUT2D eigenvalue weighted by atomic mass is 10.1. The molecule has 0 bridgehead atoms. The molecule has 0 aromatic heterocycles. The molecule has 4 aromatic rings. The van der Waals surface area contributed by atoms with E-state index in [0.29, 0.717) is 22.6 Å². The fourth-order valence-electron chi connectivity index (χ4n) is 3.49. The molecule has 2 N–H and O–H groups in total. The van der Waals surface area contributed by atoms with Crippen molar-refractivity contribution in [1.82, 2.24) is 5.43 Å². The Kier molecular flexibility index (Phi) is 7.37. The Hall–Kier alpha value is -4.65. The standard InChI is InChI=1S/C28H25N3O4/c1-19-7-3-6-10-24(19)30-27(32)18-35-25-14-11-20(15-26(25)34-2)17-29-31-28(33)23-13-12-21-8-4-5-9-22(21)16-23/h3-17H,18H2,1-2H3,(H,30,32)(H,31,33)/b29-17-. The van der Waals surface area contributed by atoms with Crippen LogP contribution in [0.3, 0.4) is 0 Å². The second kappa shape index (κ2) is 11.0. The van der Waals surface area contributed by atoms with Gasteiger partial charge in [-0.15, -0.1) is 0 Å². The number of carbonyl (C=O) groups is 2. The number of rotatable bonds is 8. The average molecular weight is 468 g/mol. The predicted octanol–water partition coefficient (Wildman–Crippen LogP) is 4.94. The summed E-state index contributed by atoms with van der Waals surface area (Å²) in [6.07, 6.45) is 1.51. The predicted molar refractivity (Wildman–Crippen MR) is 137 cm³/mol. The molecule has 0 aliphatic rings. The number of ether oxygens (including phenoxy) is 2. The van der Waals surface area contributed by atoms with Gasteiger partial charge in [-0.1, -0.05) is 48.5 Å². The zero-order valence-corrected chi connectivity index (χ0v) is 19.4. The third-order valence-electron chi connectivity index (χ3n) is 5.36. The van der Waals surface area contributed by atoms with Gasteiger partial charge in [0.25, 0.3) is 11.8 Å². The lowest BCUT2D eigenvalue weighted by molar-refractivity contribution is -0.118. The summed E-state index contributed by atoms with van der Waals surface area (Å²) in [6, 6.07) is 26.0. The van der Waals surface area contributed by atoms with E-state index in [1.807, 2.05) is 67.6 Å². The maximum atomic E-state index is 12.4. The summed E-state index contributed by atoms with van der Waals surface area (Å²) < 4.78 is 11.0. The van der Waals surface area contributed by atoms with Crippen LogP contribution >= 0.6 is 0 Å². The first kappa shape index (κ1) is 23.5. The molecule has 0 atom stereocenters. The number of carbonyl (C=O) groups excluding carboxylic acids is 2. The summed E-state index contributed by atoms with van der Waals surface area (Å²) in [4.78, 5) is 24.7. The quantitative estimate of drug-likeness (QED) is 0.284. The lowest BCUT2D eigenvalue weighted by Gasteiger charge is -2.12. The Morgan fingerprint density at radius 1 is 0.886 bits per heavy atom. The zero-order valence-electron chi connectivity index (χ0n) is 19.4. The molecule has 0 radical (unpaired) electrons. The molecule has 0 heterocycles. The topological polar surface area (TPSA) is 89.0 Å². The molecule has 0 unspecified atom stereocenters. The minimum absolute atomic E-state index is 0.167. The molecule has 2 amide bonds. The highest BCUT2D eigenvalue weighted by molar-refractivity contribution is 5.99. The summed E-state index contributed by atoms with van der Waals surface area (Å²) >= 11 is 0. The third-order valence-corrected chi connectivity index (χ3v) is 5.36. The second-order valence-electron chi connectivity index (χ2n) is 7.82. The van der Waals surface area contributed by atoms with Crippen molar-refractivity contribution < 1.29 is 19.1 Å². The zero-order chi connectivity index (χ0) is 24.6. The minimum Gasteiger partial charge on any atom is -0.493 e. The van der Waals surface area contributed by atoms with Gasteiger partial charge in [0, 0.05) is 11.3 Å². The second-order valence-corrected chi connectivity index (χ2v) is 7.82. The highest BCUT2D eigenvalue weighted by Gasteiger charge is 2.10. The van der Waals surface area contributed by atoms with E-state index in [9.17, 15) is 9.59 Å². The smallest absolute Gasteiger partial charge is 0.271 e. The van der Waals surface area contributed by atoms with Gasteiger partial charge in [-0.05, 0) is 65.2 Å². The molecule has 0 aliphatic heterocycles. The van der Waals surface area contributed by atoms with Gasteiger partial charge in [0.15, 0.2) is 18.1 Å². The maximum Gasteiger partial charge on any atom is 0.271 e. The number of aryl methyl sites for hydroxylation is 1. The Morgan fingerprint density at radius 2 is 1.66 bits per heavy atom. The van der Waals surface area contributed by atoms with Crippen LogP contribution in [0.2, 0.25) is 0 Å². The molecule has 0 spiro atoms. The number of hydrogen-bond acceptors (Lipinski definition) is 5. The number of anilines is 1. The van der Waals surface area contributed by atoms with Gasteiger partial charge in [0.2, 0.25) is 0 Å². The van der Waals surface area contributed by atoms with Crippen LogP contribution in [-0.4, -0.2) is 31.7 Å². The lowest BCUT2D eigenvalue weighted by Crippen LogP contribution is -2.20. The van der Waals surface area contributed by atoms with Crippen molar-refractivity contribution in [2.75, 3.05) is 19.0 Å². The SMILES string of the molecule is COc1cc(/C=N\NC(=O)c2ccc3ccccc3c2)ccc1OCC(=O)Nc1ccccc1C. The number of hydrazone groups is 1. The first-order chi connectivity index (χ1) is 17.0. The first-order valence-electron chi connectivity index (χ1n) is 11.0. The van der Waals surface area contributed by atoms with Crippen LogP contribution in [0.15, 0.2) is 90.0 Å². The van der Waals surface area contributed by atoms with E-state index in [-0.39, 0.29) is 18.4 Å². The number of hydrogen-bond donors (Lipinski definition) is 2. The van der Waals surface area contributed by atoms with Crippen LogP contribution in [-0.2, 0) is 4.79 Å². The van der Waals surface area contributed by atoms with E-state index in [2.05, 4.69) is 15.8 Å². The largest absolute Gasteiger partial charge is 0.493 e. The van der Waals surface area contributed by atoms with Crippen molar-refractivity contribution in [2.24, 2.45) is 5.10 Å². The number of benzene rings is 4. The van der Waals surface area contributed by atoms with E-state index in [1.165, 1.54) is 13.3 Å². The van der Waals surface area contributed by atoms with Gasteiger partial charge in [-0.3, -0.25) is 9.59 Å². The van der Waals surface area contributed by atoms with Gasteiger partial charge in [0.1, 0.15) is 0 Å². The summed E-state index contributed by atoms with van der Waals surface area (Å²) in [5, 5.41) is 8.92. The minimum atomic E-state index is -0.307. The van der Waals surface area contributed by atoms with Crippen LogP contribution in [0.1, 0.15) is 21.5 Å². The van der Waals surface area contributed by atoms with Crippen molar-refractivity contribution in [3.63, 3.8) is 0 Å². The molecule has 4 rings (SSSR count). The van der Waals surface area contributed by atoms with E-state index in [1.54, 1.807) is 24.3 Å². The van der Waals surface area contributed by atoms with Crippen LogP contribution in [0.4, 0.5) is 5.69 Å². The van der Waals surface area contributed by atoms with Crippen LogP contribution < -0.4 is 20.2 Å². The molecular weight excluding hydrogens is 442 g/mol. The van der Waals surface area contributed by atoms with Crippen LogP contribution in [0.25, 0.3) is 10.8 Å². The fraction of sp³-hybridized carbons (Fsp3) is 0.107. The molecule has 176 valence electrons. The van der Waals surface area contributed by atoms with Crippen molar-refractivity contribution in [2.45, 2.75) is 6.92 Å². The maximum absolute atomic E-state index is 12.4. The van der Waals surface area contributed by atoms with E-state index in [4.69, 9.17) is 9.47 Å². The van der Waals surface area contributed by atoms with Crippen molar-refractivity contribution in [3.8, 4) is 11.5 Å². The van der Waals surface area contributed by atoms with Crippen molar-refractivity contribution in [3.05, 3.63) is 102 Å². The number of nitrogens with zero attached hydrogens (tertiary/aromatic N) is 1. The molecular formula is C28H25N3O4. The summed E-state index contributed by atoms with van der Waals surface area (Å²) in [5.74, 6) is 0.283. The monoisotopic (exact) mass is 467 g/mol. The van der Waals surface area contributed by atoms with Crippen LogP contribution in [0.5, 0.6) is 11.5 Å². The molecule has 0 fully saturated rings. The molecule has 4 aromatic carbocycles. The Morgan fingerprint density at radius 3 is 2.46 bits per heavy atom. The van der Waals surface area contributed by atoms with Crippen molar-refractivity contribution >= 4 is 34.5 Å². The highest BCUT2D eigenvalue weighted by atomic mass is 16.5. The number of fused-ring (bicyclic) bond motifs is 1. The molecule has 7 nitrogen and oxygen atoms in total. The highest BCUT2D eigenvalue weighted by Crippen LogP contribution is 2.27. The van der Waals surface area contributed by atoms with E-state index < -0.39 is 0 Å². The summed E-state index contributed by atoms with van der Waals surface area (Å²) in [6.45, 7) is 1.75. The van der Waals surface area contributed by atoms with Gasteiger partial charge in [-0.25, -0.2) is 5.43 Å². The van der Waals surface area contributed by atoms with E-state index in [0.717, 1.165) is 22.0 Å². The summed E-state index contributed by atoms with van der Waals surface area (Å²) in [7, 11) is 1.51. The average Bonchev–Trinajstić information content (AvgIpc) is 2.88. The van der Waals surface area contributed by atoms with E-state index >= 15 is 0 Å². The molecule has 7 heteroatoms. The van der Waals surface area contributed by atoms with Gasteiger partial charge in [0.05, 0.1) is 13.3 Å². The van der Waals surface area contributed by atoms with Gasteiger partial charge >= 0.3 is 0 Å². The normalized spacial score (nSPS) is 10.8. The first-order valence-corrected chi connectivity index (χ1v) is 11.0. The Bertz CT molecular complexity index is 1400. The summed E-state index contributed by atoms with van der Waals surface area (Å²) in [5.41, 5.74) is 5.46. The fourth-order valence-corrected chi connectivity index (χ4v) is 3.49. The molecule has 0 saturated carbocycles. The van der Waals surface area contributed by atoms with Crippen molar-refractivity contribution in [1.29, 1.82) is 0 Å². The Balaban J connectivity index is 1.35. The molecule has 0 saturated heterocycles. The Labute approximate surface area is 203 Å². The molecule has 35 heavy (non-hydrogen) atoms. The number of nitrogens with one attached hydrogen (secondary N) is 2. The number of para-hydroxylation sites is 1.